The van der Waals surface area contributed by atoms with Crippen molar-refractivity contribution in [1.29, 1.82) is 0 Å². The zero-order valence-electron chi connectivity index (χ0n) is 11.2. The van der Waals surface area contributed by atoms with Gasteiger partial charge in [0, 0.05) is 18.1 Å². The minimum atomic E-state index is -0.852. The van der Waals surface area contributed by atoms with Crippen LogP contribution in [0.25, 0.3) is 0 Å². The molecule has 0 saturated carbocycles. The molecule has 1 atom stereocenters. The molecule has 7 heteroatoms. The molecule has 1 aliphatic heterocycles. The normalized spacial score (nSPS) is 17.8. The van der Waals surface area contributed by atoms with Crippen LogP contribution in [-0.2, 0) is 9.59 Å². The predicted octanol–water partition coefficient (Wildman–Crippen LogP) is 2.70. The molecule has 1 saturated heterocycles. The van der Waals surface area contributed by atoms with E-state index in [9.17, 15) is 9.59 Å². The van der Waals surface area contributed by atoms with E-state index in [1.54, 1.807) is 23.1 Å². The van der Waals surface area contributed by atoms with Crippen LogP contribution in [0.1, 0.15) is 12.8 Å². The van der Waals surface area contributed by atoms with Crippen molar-refractivity contribution in [2.45, 2.75) is 12.8 Å². The van der Waals surface area contributed by atoms with Gasteiger partial charge in [-0.15, -0.1) is 0 Å². The second kappa shape index (κ2) is 7.00. The van der Waals surface area contributed by atoms with Gasteiger partial charge in [0.15, 0.2) is 0 Å². The quantitative estimate of drug-likeness (QED) is 0.900. The van der Waals surface area contributed by atoms with Gasteiger partial charge in [-0.1, -0.05) is 23.2 Å². The molecule has 1 aliphatic rings. The minimum Gasteiger partial charge on any atom is -0.491 e. The summed E-state index contributed by atoms with van der Waals surface area (Å²) in [4.78, 5) is 24.3. The lowest BCUT2D eigenvalue weighted by Gasteiger charge is -2.16. The highest BCUT2D eigenvalue weighted by Gasteiger charge is 2.30. The van der Waals surface area contributed by atoms with Gasteiger partial charge in [-0.3, -0.25) is 9.59 Å². The van der Waals surface area contributed by atoms with Gasteiger partial charge in [-0.25, -0.2) is 0 Å². The summed E-state index contributed by atoms with van der Waals surface area (Å²) in [5.74, 6) is -0.947. The van der Waals surface area contributed by atoms with Gasteiger partial charge in [-0.05, 0) is 24.6 Å². The summed E-state index contributed by atoms with van der Waals surface area (Å²) in [5.41, 5.74) is 0. The van der Waals surface area contributed by atoms with E-state index >= 15 is 0 Å². The van der Waals surface area contributed by atoms with E-state index in [0.29, 0.717) is 28.8 Å². The van der Waals surface area contributed by atoms with Crippen LogP contribution >= 0.6 is 23.2 Å². The number of likely N-dealkylation sites (tertiary alicyclic amines) is 1. The van der Waals surface area contributed by atoms with Crippen LogP contribution in [0.2, 0.25) is 10.0 Å². The molecular weight excluding hydrogens is 317 g/mol. The maximum Gasteiger partial charge on any atom is 0.308 e. The van der Waals surface area contributed by atoms with Crippen molar-refractivity contribution in [2.24, 2.45) is 5.92 Å². The molecule has 0 aromatic heterocycles. The van der Waals surface area contributed by atoms with Crippen molar-refractivity contribution in [2.75, 3.05) is 19.7 Å². The van der Waals surface area contributed by atoms with Crippen LogP contribution in [-0.4, -0.2) is 41.6 Å². The summed E-state index contributed by atoms with van der Waals surface area (Å²) in [7, 11) is 0. The molecule has 0 aliphatic carbocycles. The van der Waals surface area contributed by atoms with Gasteiger partial charge in [-0.2, -0.15) is 0 Å². The number of carbonyl (C=O) groups is 2. The molecule has 2 rings (SSSR count). The molecule has 0 spiro atoms. The second-order valence-electron chi connectivity index (χ2n) is 4.84. The number of carbonyl (C=O) groups excluding carboxylic acids is 1. The summed E-state index contributed by atoms with van der Waals surface area (Å²) < 4.78 is 5.44. The van der Waals surface area contributed by atoms with E-state index in [-0.39, 0.29) is 25.5 Å². The van der Waals surface area contributed by atoms with Crippen molar-refractivity contribution >= 4 is 35.1 Å². The number of hydrogen-bond donors (Lipinski definition) is 1. The molecule has 1 heterocycles. The van der Waals surface area contributed by atoms with E-state index in [2.05, 4.69) is 0 Å². The van der Waals surface area contributed by atoms with Gasteiger partial charge in [0.25, 0.3) is 0 Å². The molecule has 21 heavy (non-hydrogen) atoms. The number of rotatable bonds is 5. The van der Waals surface area contributed by atoms with Crippen molar-refractivity contribution in [1.82, 2.24) is 4.90 Å². The zero-order valence-corrected chi connectivity index (χ0v) is 12.7. The Morgan fingerprint density at radius 2 is 2.14 bits per heavy atom. The number of carboxylic acids is 1. The monoisotopic (exact) mass is 331 g/mol. The summed E-state index contributed by atoms with van der Waals surface area (Å²) in [6, 6.07) is 4.87. The molecule has 1 aromatic rings. The number of nitrogens with zero attached hydrogens (tertiary/aromatic N) is 1. The Bertz CT molecular complexity index is 550. The standard InChI is InChI=1S/C14H15Cl2NO4/c15-10-1-2-12(11(16)7-10)21-6-4-13(18)17-5-3-9(8-17)14(19)20/h1-2,7,9H,3-6,8H2,(H,19,20). The SMILES string of the molecule is O=C(O)C1CCN(C(=O)CCOc2ccc(Cl)cc2Cl)C1. The van der Waals surface area contributed by atoms with Gasteiger partial charge in [0.2, 0.25) is 5.91 Å². The third kappa shape index (κ3) is 4.25. The molecule has 0 radical (unpaired) electrons. The Morgan fingerprint density at radius 3 is 2.76 bits per heavy atom. The van der Waals surface area contributed by atoms with Crippen molar-refractivity contribution in [3.8, 4) is 5.75 Å². The van der Waals surface area contributed by atoms with E-state index in [4.69, 9.17) is 33.0 Å². The van der Waals surface area contributed by atoms with Crippen LogP contribution in [0.15, 0.2) is 18.2 Å². The Labute approximate surface area is 132 Å². The zero-order chi connectivity index (χ0) is 15.4. The summed E-state index contributed by atoms with van der Waals surface area (Å²) in [6.07, 6.45) is 0.691. The van der Waals surface area contributed by atoms with E-state index in [1.807, 2.05) is 0 Å². The van der Waals surface area contributed by atoms with Gasteiger partial charge < -0.3 is 14.7 Å². The third-order valence-corrected chi connectivity index (χ3v) is 3.89. The van der Waals surface area contributed by atoms with Crippen LogP contribution in [0.4, 0.5) is 0 Å². The Balaban J connectivity index is 1.78. The number of benzene rings is 1. The predicted molar refractivity (Wildman–Crippen MR) is 78.9 cm³/mol. The van der Waals surface area contributed by atoms with Crippen molar-refractivity contribution in [3.05, 3.63) is 28.2 Å². The molecule has 5 nitrogen and oxygen atoms in total. The lowest BCUT2D eigenvalue weighted by Crippen LogP contribution is -2.30. The average molecular weight is 332 g/mol. The molecule has 1 amide bonds. The van der Waals surface area contributed by atoms with Crippen molar-refractivity contribution in [3.63, 3.8) is 0 Å². The van der Waals surface area contributed by atoms with Crippen LogP contribution < -0.4 is 4.74 Å². The smallest absolute Gasteiger partial charge is 0.308 e. The maximum atomic E-state index is 11.9. The first-order valence-corrected chi connectivity index (χ1v) is 7.31. The van der Waals surface area contributed by atoms with Gasteiger partial charge in [0.05, 0.1) is 24.0 Å². The average Bonchev–Trinajstić information content (AvgIpc) is 2.91. The highest BCUT2D eigenvalue weighted by atomic mass is 35.5. The first-order valence-electron chi connectivity index (χ1n) is 6.56. The highest BCUT2D eigenvalue weighted by molar-refractivity contribution is 6.35. The summed E-state index contributed by atoms with van der Waals surface area (Å²) in [6.45, 7) is 0.946. The van der Waals surface area contributed by atoms with E-state index in [1.165, 1.54) is 0 Å². The summed E-state index contributed by atoms with van der Waals surface area (Å²) >= 11 is 11.7. The molecule has 114 valence electrons. The Kier molecular flexibility index (Phi) is 5.31. The number of ether oxygens (including phenoxy) is 1. The Hall–Kier alpha value is -1.46. The first kappa shape index (κ1) is 15.9. The lowest BCUT2D eigenvalue weighted by molar-refractivity contribution is -0.141. The number of carboxylic acid groups (broad SMARTS) is 1. The third-order valence-electron chi connectivity index (χ3n) is 3.36. The minimum absolute atomic E-state index is 0.108. The Morgan fingerprint density at radius 1 is 1.38 bits per heavy atom. The molecule has 1 aromatic carbocycles. The fourth-order valence-corrected chi connectivity index (χ4v) is 2.65. The lowest BCUT2D eigenvalue weighted by atomic mass is 10.1. The molecule has 1 N–H and O–H groups in total. The molecule has 1 fully saturated rings. The van der Waals surface area contributed by atoms with Crippen LogP contribution in [0.3, 0.4) is 0 Å². The van der Waals surface area contributed by atoms with Gasteiger partial charge in [0.1, 0.15) is 5.75 Å². The first-order chi connectivity index (χ1) is 9.97. The highest BCUT2D eigenvalue weighted by Crippen LogP contribution is 2.27. The number of aliphatic carboxylic acids is 1. The van der Waals surface area contributed by atoms with Crippen LogP contribution in [0.5, 0.6) is 5.75 Å². The van der Waals surface area contributed by atoms with Gasteiger partial charge >= 0.3 is 5.97 Å². The second-order valence-corrected chi connectivity index (χ2v) is 5.68. The fraction of sp³-hybridized carbons (Fsp3) is 0.429. The fourth-order valence-electron chi connectivity index (χ4n) is 2.19. The molecular formula is C14H15Cl2NO4. The number of amides is 1. The largest absolute Gasteiger partial charge is 0.491 e. The summed E-state index contributed by atoms with van der Waals surface area (Å²) in [5, 5.41) is 9.81. The molecule has 0 bridgehead atoms. The number of halogens is 2. The molecule has 1 unspecified atom stereocenters. The van der Waals surface area contributed by atoms with Crippen molar-refractivity contribution < 1.29 is 19.4 Å². The van der Waals surface area contributed by atoms with Crippen LogP contribution in [0, 0.1) is 5.92 Å². The maximum absolute atomic E-state index is 11.9. The topological polar surface area (TPSA) is 66.8 Å². The number of hydrogen-bond acceptors (Lipinski definition) is 3. The van der Waals surface area contributed by atoms with E-state index < -0.39 is 11.9 Å². The van der Waals surface area contributed by atoms with E-state index in [0.717, 1.165) is 0 Å².